The molecule has 0 unspecified atom stereocenters. The van der Waals surface area contributed by atoms with Crippen molar-refractivity contribution < 1.29 is 45.3 Å². The summed E-state index contributed by atoms with van der Waals surface area (Å²) in [4.78, 5) is 10.2. The minimum Gasteiger partial charge on any atom is -1.00 e. The van der Waals surface area contributed by atoms with E-state index in [0.717, 1.165) is 0 Å². The molecule has 0 saturated heterocycles. The molecule has 0 spiro atoms. The van der Waals surface area contributed by atoms with Crippen LogP contribution in [0.4, 0.5) is 0 Å². The van der Waals surface area contributed by atoms with Gasteiger partial charge in [0.2, 0.25) is 0 Å². The Kier molecular flexibility index (Phi) is 11.4. The molecule has 0 atom stereocenters. The fraction of sp³-hybridized carbons (Fsp3) is 0.800. The molecule has 0 fully saturated rings. The summed E-state index contributed by atoms with van der Waals surface area (Å²) in [6.45, 7) is 2.44. The van der Waals surface area contributed by atoms with Crippen LogP contribution in [-0.4, -0.2) is 26.3 Å². The number of carbonyl (C=O) groups excluding carboxylic acids is 1. The molecule has 0 N–H and O–H groups in total. The molecule has 0 bridgehead atoms. The molecule has 0 radical (unpaired) electrons. The number of hydrogen-bond acceptors (Lipinski definition) is 3. The first kappa shape index (κ1) is 12.1. The van der Waals surface area contributed by atoms with Gasteiger partial charge in [0.25, 0.3) is 0 Å². The second-order valence-electron chi connectivity index (χ2n) is 1.21. The van der Waals surface area contributed by atoms with E-state index in [1.165, 1.54) is 7.11 Å². The monoisotopic (exact) mass is 142 g/mol. The van der Waals surface area contributed by atoms with Crippen molar-refractivity contribution in [3.63, 3.8) is 0 Å². The molecule has 0 aliphatic carbocycles. The average Bonchev–Trinajstić information content (AvgIpc) is 1.83. The van der Waals surface area contributed by atoms with Crippen LogP contribution < -0.4 is 29.6 Å². The summed E-state index contributed by atoms with van der Waals surface area (Å²) in [6, 6.07) is 0. The molecular formula is C5H11NaO3. The quantitative estimate of drug-likeness (QED) is 0.318. The van der Waals surface area contributed by atoms with Gasteiger partial charge in [-0.1, -0.05) is 0 Å². The molecule has 0 aliphatic rings. The van der Waals surface area contributed by atoms with Crippen molar-refractivity contribution in [2.24, 2.45) is 0 Å². The Labute approximate surface area is 78.5 Å². The van der Waals surface area contributed by atoms with Gasteiger partial charge < -0.3 is 10.9 Å². The van der Waals surface area contributed by atoms with Gasteiger partial charge in [-0.2, -0.15) is 0 Å². The van der Waals surface area contributed by atoms with Crippen molar-refractivity contribution in [3.05, 3.63) is 0 Å². The third-order valence-corrected chi connectivity index (χ3v) is 0.652. The van der Waals surface area contributed by atoms with Crippen LogP contribution in [0.15, 0.2) is 0 Å². The van der Waals surface area contributed by atoms with Crippen molar-refractivity contribution in [2.45, 2.75) is 6.92 Å². The Morgan fingerprint density at radius 3 is 2.56 bits per heavy atom. The first-order chi connectivity index (χ1) is 3.81. The summed E-state index contributed by atoms with van der Waals surface area (Å²) < 4.78 is 9.00. The summed E-state index contributed by atoms with van der Waals surface area (Å²) in [5.41, 5.74) is 0. The Hall–Kier alpha value is 0.430. The van der Waals surface area contributed by atoms with Gasteiger partial charge in [-0.25, -0.2) is 4.79 Å². The molecule has 0 aromatic rings. The number of methoxy groups -OCH3 is 1. The third kappa shape index (κ3) is 8.43. The molecule has 50 valence electrons. The minimum atomic E-state index is -0.327. The van der Waals surface area contributed by atoms with Gasteiger partial charge in [-0.15, -0.1) is 0 Å². The van der Waals surface area contributed by atoms with Gasteiger partial charge >= 0.3 is 35.5 Å². The fourth-order valence-electron chi connectivity index (χ4n) is 0.244. The molecular weight excluding hydrogens is 131 g/mol. The molecule has 0 saturated carbocycles. The van der Waals surface area contributed by atoms with Crippen LogP contribution >= 0.6 is 0 Å². The van der Waals surface area contributed by atoms with E-state index < -0.39 is 0 Å². The maximum Gasteiger partial charge on any atom is 1.00 e. The van der Waals surface area contributed by atoms with E-state index in [9.17, 15) is 4.79 Å². The van der Waals surface area contributed by atoms with Gasteiger partial charge in [-0.3, -0.25) is 0 Å². The molecule has 0 aromatic carbocycles. The van der Waals surface area contributed by atoms with Crippen LogP contribution in [0, 0.1) is 0 Å². The molecule has 0 aromatic heterocycles. The molecule has 3 nitrogen and oxygen atoms in total. The zero-order chi connectivity index (χ0) is 6.41. The number of rotatable bonds is 3. The topological polar surface area (TPSA) is 35.5 Å². The normalized spacial score (nSPS) is 7.78. The van der Waals surface area contributed by atoms with Crippen molar-refractivity contribution in [2.75, 3.05) is 20.3 Å². The Bertz CT molecular complexity index is 79.3. The minimum absolute atomic E-state index is 0. The van der Waals surface area contributed by atoms with Gasteiger partial charge in [0, 0.05) is 6.61 Å². The predicted octanol–water partition coefficient (Wildman–Crippen LogP) is -2.69. The Balaban J connectivity index is -0.000000245. The van der Waals surface area contributed by atoms with Gasteiger partial charge in [0.15, 0.2) is 0 Å². The largest absolute Gasteiger partial charge is 1.00 e. The van der Waals surface area contributed by atoms with E-state index in [-0.39, 0.29) is 43.6 Å². The van der Waals surface area contributed by atoms with Crippen LogP contribution in [0.5, 0.6) is 0 Å². The van der Waals surface area contributed by atoms with E-state index in [1.54, 1.807) is 0 Å². The van der Waals surface area contributed by atoms with E-state index in [4.69, 9.17) is 4.74 Å². The standard InChI is InChI=1S/C5H10O3.Na.H/c1-3-8-4-5(6)7-2;;/h3-4H2,1-2H3;;/q;+1;-1. The maximum absolute atomic E-state index is 10.2. The maximum atomic E-state index is 10.2. The van der Waals surface area contributed by atoms with Crippen molar-refractivity contribution in [1.82, 2.24) is 0 Å². The van der Waals surface area contributed by atoms with E-state index in [1.807, 2.05) is 6.92 Å². The summed E-state index contributed by atoms with van der Waals surface area (Å²) in [5, 5.41) is 0. The second-order valence-corrected chi connectivity index (χ2v) is 1.21. The van der Waals surface area contributed by atoms with E-state index in [2.05, 4.69) is 4.74 Å². The Morgan fingerprint density at radius 2 is 2.22 bits per heavy atom. The van der Waals surface area contributed by atoms with Crippen LogP contribution in [0.25, 0.3) is 0 Å². The number of carbonyl (C=O) groups is 1. The third-order valence-electron chi connectivity index (χ3n) is 0.652. The molecule has 0 amide bonds. The summed E-state index contributed by atoms with van der Waals surface area (Å²) in [5.74, 6) is -0.327. The molecule has 4 heteroatoms. The first-order valence-corrected chi connectivity index (χ1v) is 2.45. The predicted molar refractivity (Wildman–Crippen MR) is 29.6 cm³/mol. The molecule has 0 heterocycles. The number of ether oxygens (including phenoxy) is 2. The van der Waals surface area contributed by atoms with Gasteiger partial charge in [0.1, 0.15) is 6.61 Å². The number of hydrogen-bond donors (Lipinski definition) is 0. The smallest absolute Gasteiger partial charge is 1.00 e. The molecule has 0 aliphatic heterocycles. The summed E-state index contributed by atoms with van der Waals surface area (Å²) in [6.07, 6.45) is 0. The van der Waals surface area contributed by atoms with Crippen LogP contribution in [0.1, 0.15) is 8.35 Å². The second kappa shape index (κ2) is 8.43. The van der Waals surface area contributed by atoms with E-state index >= 15 is 0 Å². The molecule has 9 heavy (non-hydrogen) atoms. The fourth-order valence-corrected chi connectivity index (χ4v) is 0.244. The summed E-state index contributed by atoms with van der Waals surface area (Å²) in [7, 11) is 1.33. The van der Waals surface area contributed by atoms with Gasteiger partial charge in [-0.05, 0) is 6.92 Å². The molecule has 0 rings (SSSR count). The Morgan fingerprint density at radius 1 is 1.67 bits per heavy atom. The van der Waals surface area contributed by atoms with E-state index in [0.29, 0.717) is 6.61 Å². The van der Waals surface area contributed by atoms with Crippen LogP contribution in [-0.2, 0) is 14.3 Å². The van der Waals surface area contributed by atoms with Crippen LogP contribution in [0.3, 0.4) is 0 Å². The SMILES string of the molecule is CCOCC(=O)OC.[H-].[Na+]. The number of esters is 1. The van der Waals surface area contributed by atoms with Crippen molar-refractivity contribution in [1.29, 1.82) is 0 Å². The zero-order valence-electron chi connectivity index (χ0n) is 7.14. The van der Waals surface area contributed by atoms with Gasteiger partial charge in [0.05, 0.1) is 7.11 Å². The zero-order valence-corrected chi connectivity index (χ0v) is 8.14. The first-order valence-electron chi connectivity index (χ1n) is 2.45. The van der Waals surface area contributed by atoms with Crippen LogP contribution in [0.2, 0.25) is 0 Å². The average molecular weight is 142 g/mol. The summed E-state index contributed by atoms with van der Waals surface area (Å²) >= 11 is 0. The van der Waals surface area contributed by atoms with Crippen molar-refractivity contribution >= 4 is 5.97 Å². The van der Waals surface area contributed by atoms with Crippen molar-refractivity contribution in [3.8, 4) is 0 Å².